The zero-order valence-corrected chi connectivity index (χ0v) is 11.0. The number of fused-ring (bicyclic) bond motifs is 1. The van der Waals surface area contributed by atoms with Crippen LogP contribution >= 0.6 is 0 Å². The first-order chi connectivity index (χ1) is 9.60. The molecule has 2 unspecified atom stereocenters. The Morgan fingerprint density at radius 1 is 1.45 bits per heavy atom. The monoisotopic (exact) mass is 280 g/mol. The van der Waals surface area contributed by atoms with Gasteiger partial charge in [-0.3, -0.25) is 4.79 Å². The van der Waals surface area contributed by atoms with Gasteiger partial charge in [-0.05, 0) is 30.9 Å². The molecule has 108 valence electrons. The van der Waals surface area contributed by atoms with E-state index in [2.05, 4.69) is 5.32 Å². The van der Waals surface area contributed by atoms with Crippen LogP contribution in [0, 0.1) is 11.7 Å². The number of aliphatic hydroxyl groups excluding tert-OH is 2. The van der Waals surface area contributed by atoms with Crippen LogP contribution in [0.4, 0.5) is 15.8 Å². The quantitative estimate of drug-likeness (QED) is 0.773. The molecule has 0 bridgehead atoms. The molecule has 1 saturated heterocycles. The summed E-state index contributed by atoms with van der Waals surface area (Å²) < 4.78 is 14.2. The molecular formula is C14H17FN2O3. The summed E-state index contributed by atoms with van der Waals surface area (Å²) in [5, 5.41) is 21.1. The molecule has 0 aromatic heterocycles. The molecule has 0 spiro atoms. The standard InChI is InChI=1S/C14H17FN2O3/c15-10-5-9-11(16-14(20)13(9)19)6-12(10)17-3-1-8(7-17)2-4-18/h5-6,8,13,18-19H,1-4,7H2,(H,16,20). The largest absolute Gasteiger partial charge is 0.396 e. The van der Waals surface area contributed by atoms with E-state index in [4.69, 9.17) is 5.11 Å². The fourth-order valence-corrected chi connectivity index (χ4v) is 2.97. The first-order valence-electron chi connectivity index (χ1n) is 6.78. The van der Waals surface area contributed by atoms with E-state index in [-0.39, 0.29) is 6.61 Å². The Bertz CT molecular complexity index is 549. The summed E-state index contributed by atoms with van der Waals surface area (Å²) in [7, 11) is 0. The number of amides is 1. The van der Waals surface area contributed by atoms with Crippen LogP contribution in [0.2, 0.25) is 0 Å². The van der Waals surface area contributed by atoms with Crippen molar-refractivity contribution in [2.24, 2.45) is 5.92 Å². The average Bonchev–Trinajstić information content (AvgIpc) is 2.97. The van der Waals surface area contributed by atoms with E-state index in [0.29, 0.717) is 29.4 Å². The van der Waals surface area contributed by atoms with Crippen LogP contribution in [0.5, 0.6) is 0 Å². The molecule has 0 aliphatic carbocycles. The van der Waals surface area contributed by atoms with Crippen molar-refractivity contribution >= 4 is 17.3 Å². The Morgan fingerprint density at radius 2 is 2.25 bits per heavy atom. The summed E-state index contributed by atoms with van der Waals surface area (Å²) in [4.78, 5) is 13.3. The third-order valence-corrected chi connectivity index (χ3v) is 4.08. The number of nitrogens with zero attached hydrogens (tertiary/aromatic N) is 1. The van der Waals surface area contributed by atoms with Gasteiger partial charge in [0.05, 0.1) is 5.69 Å². The van der Waals surface area contributed by atoms with Gasteiger partial charge in [-0.25, -0.2) is 4.39 Å². The molecule has 5 nitrogen and oxygen atoms in total. The van der Waals surface area contributed by atoms with Crippen LogP contribution in [0.3, 0.4) is 0 Å². The minimum absolute atomic E-state index is 0.146. The van der Waals surface area contributed by atoms with Crippen molar-refractivity contribution in [3.05, 3.63) is 23.5 Å². The Hall–Kier alpha value is -1.66. The van der Waals surface area contributed by atoms with E-state index in [1.165, 1.54) is 6.07 Å². The lowest BCUT2D eigenvalue weighted by Crippen LogP contribution is -2.21. The second kappa shape index (κ2) is 5.03. The van der Waals surface area contributed by atoms with E-state index in [0.717, 1.165) is 19.4 Å². The number of carbonyl (C=O) groups excluding carboxylic acids is 1. The van der Waals surface area contributed by atoms with Gasteiger partial charge in [-0.1, -0.05) is 0 Å². The zero-order chi connectivity index (χ0) is 14.3. The number of halogens is 1. The highest BCUT2D eigenvalue weighted by Crippen LogP contribution is 2.37. The smallest absolute Gasteiger partial charge is 0.257 e. The maximum absolute atomic E-state index is 14.2. The molecule has 2 atom stereocenters. The highest BCUT2D eigenvalue weighted by atomic mass is 19.1. The van der Waals surface area contributed by atoms with Gasteiger partial charge in [-0.15, -0.1) is 0 Å². The van der Waals surface area contributed by atoms with E-state index in [1.54, 1.807) is 6.07 Å². The molecule has 1 amide bonds. The van der Waals surface area contributed by atoms with E-state index in [1.807, 2.05) is 4.90 Å². The molecular weight excluding hydrogens is 263 g/mol. The Labute approximate surface area is 116 Å². The van der Waals surface area contributed by atoms with Crippen LogP contribution in [-0.2, 0) is 4.79 Å². The fourth-order valence-electron chi connectivity index (χ4n) is 2.97. The van der Waals surface area contributed by atoms with Gasteiger partial charge in [0.15, 0.2) is 6.10 Å². The lowest BCUT2D eigenvalue weighted by atomic mass is 10.1. The lowest BCUT2D eigenvalue weighted by molar-refractivity contribution is -0.123. The molecule has 1 aromatic rings. The normalized spacial score (nSPS) is 24.9. The Kier molecular flexibility index (Phi) is 3.35. The molecule has 2 aliphatic heterocycles. The van der Waals surface area contributed by atoms with Gasteiger partial charge < -0.3 is 20.4 Å². The summed E-state index contributed by atoms with van der Waals surface area (Å²) in [5.41, 5.74) is 1.21. The number of hydrogen-bond acceptors (Lipinski definition) is 4. The van der Waals surface area contributed by atoms with Crippen molar-refractivity contribution < 1.29 is 19.4 Å². The molecule has 0 saturated carbocycles. The van der Waals surface area contributed by atoms with Crippen LogP contribution in [0.1, 0.15) is 24.5 Å². The van der Waals surface area contributed by atoms with E-state index in [9.17, 15) is 14.3 Å². The van der Waals surface area contributed by atoms with E-state index < -0.39 is 17.8 Å². The van der Waals surface area contributed by atoms with Crippen LogP contribution in [-0.4, -0.2) is 35.8 Å². The van der Waals surface area contributed by atoms with E-state index >= 15 is 0 Å². The van der Waals surface area contributed by atoms with Gasteiger partial charge in [0.2, 0.25) is 0 Å². The minimum Gasteiger partial charge on any atom is -0.396 e. The molecule has 1 aromatic carbocycles. The molecule has 2 aliphatic rings. The van der Waals surface area contributed by atoms with Crippen molar-refractivity contribution in [2.45, 2.75) is 18.9 Å². The number of rotatable bonds is 3. The predicted octanol–water partition coefficient (Wildman–Crippen LogP) is 1.02. The third-order valence-electron chi connectivity index (χ3n) is 4.08. The Balaban J connectivity index is 1.86. The van der Waals surface area contributed by atoms with Crippen LogP contribution in [0.15, 0.2) is 12.1 Å². The molecule has 6 heteroatoms. The summed E-state index contributed by atoms with van der Waals surface area (Å²) in [6.07, 6.45) is 0.360. The van der Waals surface area contributed by atoms with Crippen LogP contribution in [0.25, 0.3) is 0 Å². The number of anilines is 2. The SMILES string of the molecule is O=C1Nc2cc(N3CCC(CCO)C3)c(F)cc2C1O. The summed E-state index contributed by atoms with van der Waals surface area (Å²) in [6, 6.07) is 2.81. The first kappa shape index (κ1) is 13.3. The summed E-state index contributed by atoms with van der Waals surface area (Å²) >= 11 is 0. The second-order valence-corrected chi connectivity index (χ2v) is 5.40. The minimum atomic E-state index is -1.28. The van der Waals surface area contributed by atoms with Crippen molar-refractivity contribution in [1.29, 1.82) is 0 Å². The third kappa shape index (κ3) is 2.14. The number of nitrogens with one attached hydrogen (secondary N) is 1. The van der Waals surface area contributed by atoms with Crippen molar-refractivity contribution in [3.8, 4) is 0 Å². The summed E-state index contributed by atoms with van der Waals surface area (Å²) in [6.45, 7) is 1.58. The van der Waals surface area contributed by atoms with Gasteiger partial charge in [0.1, 0.15) is 5.82 Å². The van der Waals surface area contributed by atoms with Crippen LogP contribution < -0.4 is 10.2 Å². The molecule has 2 heterocycles. The number of carbonyl (C=O) groups is 1. The average molecular weight is 280 g/mol. The second-order valence-electron chi connectivity index (χ2n) is 5.40. The highest BCUT2D eigenvalue weighted by Gasteiger charge is 2.32. The van der Waals surface area contributed by atoms with Gasteiger partial charge in [0, 0.05) is 30.9 Å². The first-order valence-corrected chi connectivity index (χ1v) is 6.78. The lowest BCUT2D eigenvalue weighted by Gasteiger charge is -2.20. The highest BCUT2D eigenvalue weighted by molar-refractivity contribution is 6.02. The maximum Gasteiger partial charge on any atom is 0.257 e. The number of aliphatic hydroxyl groups is 2. The van der Waals surface area contributed by atoms with Gasteiger partial charge in [-0.2, -0.15) is 0 Å². The van der Waals surface area contributed by atoms with Crippen molar-refractivity contribution in [2.75, 3.05) is 29.9 Å². The topological polar surface area (TPSA) is 72.8 Å². The predicted molar refractivity (Wildman–Crippen MR) is 72.0 cm³/mol. The van der Waals surface area contributed by atoms with Gasteiger partial charge >= 0.3 is 0 Å². The van der Waals surface area contributed by atoms with Crippen molar-refractivity contribution in [1.82, 2.24) is 0 Å². The number of hydrogen-bond donors (Lipinski definition) is 3. The zero-order valence-electron chi connectivity index (χ0n) is 11.0. The summed E-state index contributed by atoms with van der Waals surface area (Å²) in [5.74, 6) is -0.576. The fraction of sp³-hybridized carbons (Fsp3) is 0.500. The molecule has 3 N–H and O–H groups in total. The number of benzene rings is 1. The van der Waals surface area contributed by atoms with Gasteiger partial charge in [0.25, 0.3) is 5.91 Å². The Morgan fingerprint density at radius 3 is 3.00 bits per heavy atom. The van der Waals surface area contributed by atoms with Crippen molar-refractivity contribution in [3.63, 3.8) is 0 Å². The molecule has 20 heavy (non-hydrogen) atoms. The molecule has 0 radical (unpaired) electrons. The maximum atomic E-state index is 14.2. The molecule has 3 rings (SSSR count). The molecule has 1 fully saturated rings.